The molecule has 2 saturated carbocycles. The van der Waals surface area contributed by atoms with Gasteiger partial charge in [-0.25, -0.2) is 0 Å². The lowest BCUT2D eigenvalue weighted by molar-refractivity contribution is 0.510. The second kappa shape index (κ2) is 5.81. The average molecular weight is 335 g/mol. The molecule has 2 fully saturated rings. The maximum atomic E-state index is 5.35. The third kappa shape index (κ3) is 2.86. The van der Waals surface area contributed by atoms with Gasteiger partial charge in [0.15, 0.2) is 10.2 Å². The monoisotopic (exact) mass is 334 g/mol. The van der Waals surface area contributed by atoms with Crippen molar-refractivity contribution in [2.24, 2.45) is 23.7 Å². The van der Waals surface area contributed by atoms with Crippen LogP contribution in [-0.4, -0.2) is 22.3 Å². The summed E-state index contributed by atoms with van der Waals surface area (Å²) >= 11 is 10.7. The van der Waals surface area contributed by atoms with Crippen molar-refractivity contribution < 1.29 is 0 Å². The zero-order valence-corrected chi connectivity index (χ0v) is 14.1. The second-order valence-corrected chi connectivity index (χ2v) is 7.79. The van der Waals surface area contributed by atoms with Gasteiger partial charge < -0.3 is 10.6 Å². The van der Waals surface area contributed by atoms with Gasteiger partial charge in [-0.15, -0.1) is 0 Å². The lowest BCUT2D eigenvalue weighted by atomic mass is 10.0. The molecule has 0 unspecified atom stereocenters. The lowest BCUT2D eigenvalue weighted by Crippen LogP contribution is -2.54. The van der Waals surface area contributed by atoms with Gasteiger partial charge in [-0.3, -0.25) is 10.9 Å². The smallest absolute Gasteiger partial charge is 0.185 e. The van der Waals surface area contributed by atoms with Crippen LogP contribution in [0.15, 0.2) is 24.3 Å². The Hall–Kier alpha value is -1.14. The summed E-state index contributed by atoms with van der Waals surface area (Å²) in [7, 11) is 0. The fraction of sp³-hybridized carbons (Fsp3) is 0.625. The Bertz CT molecular complexity index is 496. The molecule has 0 aromatic heterocycles. The fourth-order valence-electron chi connectivity index (χ4n) is 4.42. The molecule has 118 valence electrons. The van der Waals surface area contributed by atoms with E-state index in [-0.39, 0.29) is 0 Å². The minimum Gasteiger partial charge on any atom is -0.358 e. The number of nitrogens with one attached hydrogen (secondary N) is 4. The number of hydrazine groups is 1. The molecular weight excluding hydrogens is 312 g/mol. The summed E-state index contributed by atoms with van der Waals surface area (Å²) < 4.78 is 0. The van der Waals surface area contributed by atoms with E-state index in [1.165, 1.54) is 25.7 Å². The van der Waals surface area contributed by atoms with Crippen LogP contribution >= 0.6 is 24.4 Å². The van der Waals surface area contributed by atoms with Gasteiger partial charge in [0.2, 0.25) is 0 Å². The summed E-state index contributed by atoms with van der Waals surface area (Å²) in [6, 6.07) is 0.933. The maximum absolute atomic E-state index is 5.35. The van der Waals surface area contributed by atoms with Gasteiger partial charge >= 0.3 is 0 Å². The number of thiocarbonyl (C=S) groups is 2. The highest BCUT2D eigenvalue weighted by atomic mass is 32.1. The van der Waals surface area contributed by atoms with Crippen molar-refractivity contribution in [3.8, 4) is 0 Å². The topological polar surface area (TPSA) is 48.1 Å². The van der Waals surface area contributed by atoms with Gasteiger partial charge in [0.25, 0.3) is 0 Å². The maximum Gasteiger partial charge on any atom is 0.185 e. The van der Waals surface area contributed by atoms with Crippen LogP contribution in [-0.2, 0) is 0 Å². The molecule has 0 aliphatic heterocycles. The highest BCUT2D eigenvalue weighted by Gasteiger charge is 2.36. The third-order valence-corrected chi connectivity index (χ3v) is 5.92. The lowest BCUT2D eigenvalue weighted by Gasteiger charge is -2.24. The van der Waals surface area contributed by atoms with Crippen molar-refractivity contribution in [1.82, 2.24) is 21.5 Å². The van der Waals surface area contributed by atoms with Gasteiger partial charge in [0.05, 0.1) is 0 Å². The molecule has 22 heavy (non-hydrogen) atoms. The van der Waals surface area contributed by atoms with E-state index in [9.17, 15) is 0 Å². The van der Waals surface area contributed by atoms with Crippen molar-refractivity contribution in [3.05, 3.63) is 24.3 Å². The van der Waals surface area contributed by atoms with E-state index >= 15 is 0 Å². The first kappa shape index (κ1) is 14.5. The van der Waals surface area contributed by atoms with Crippen molar-refractivity contribution in [1.29, 1.82) is 0 Å². The largest absolute Gasteiger partial charge is 0.358 e. The van der Waals surface area contributed by atoms with Crippen LogP contribution in [0.1, 0.15) is 25.7 Å². The van der Waals surface area contributed by atoms with Crippen LogP contribution in [0.25, 0.3) is 0 Å². The molecule has 6 heteroatoms. The summed E-state index contributed by atoms with van der Waals surface area (Å²) in [4.78, 5) is 0. The van der Waals surface area contributed by atoms with Crippen LogP contribution in [0.2, 0.25) is 0 Å². The van der Waals surface area contributed by atoms with Crippen molar-refractivity contribution in [3.63, 3.8) is 0 Å². The number of fused-ring (bicyclic) bond motifs is 4. The first-order chi connectivity index (χ1) is 10.7. The van der Waals surface area contributed by atoms with Gasteiger partial charge in [-0.1, -0.05) is 24.3 Å². The summed E-state index contributed by atoms with van der Waals surface area (Å²) in [5, 5.41) is 8.04. The van der Waals surface area contributed by atoms with Crippen LogP contribution in [0, 0.1) is 23.7 Å². The molecule has 4 rings (SSSR count). The van der Waals surface area contributed by atoms with Gasteiger partial charge in [-0.2, -0.15) is 0 Å². The zero-order valence-electron chi connectivity index (χ0n) is 12.4. The van der Waals surface area contributed by atoms with E-state index in [2.05, 4.69) is 45.8 Å². The number of hydrogen-bond acceptors (Lipinski definition) is 2. The predicted molar refractivity (Wildman–Crippen MR) is 96.0 cm³/mol. The summed E-state index contributed by atoms with van der Waals surface area (Å²) in [5.41, 5.74) is 6.02. The summed E-state index contributed by atoms with van der Waals surface area (Å²) in [6.07, 6.45) is 14.2. The Morgan fingerprint density at radius 2 is 1.14 bits per heavy atom. The summed E-state index contributed by atoms with van der Waals surface area (Å²) in [5.74, 6) is 2.75. The molecule has 0 radical (unpaired) electrons. The molecule has 4 aliphatic carbocycles. The van der Waals surface area contributed by atoms with E-state index < -0.39 is 0 Å². The minimum absolute atomic E-state index is 0.467. The van der Waals surface area contributed by atoms with Crippen LogP contribution in [0.5, 0.6) is 0 Å². The Morgan fingerprint density at radius 1 is 0.682 bits per heavy atom. The third-order valence-electron chi connectivity index (χ3n) is 5.48. The van der Waals surface area contributed by atoms with Gasteiger partial charge in [0, 0.05) is 12.1 Å². The molecule has 4 nitrogen and oxygen atoms in total. The van der Waals surface area contributed by atoms with E-state index in [1.807, 2.05) is 0 Å². The van der Waals surface area contributed by atoms with Gasteiger partial charge in [-0.05, 0) is 73.8 Å². The van der Waals surface area contributed by atoms with E-state index in [0.717, 1.165) is 11.8 Å². The molecular formula is C16H22N4S2. The molecule has 0 aromatic rings. The Balaban J connectivity index is 1.18. The van der Waals surface area contributed by atoms with Gasteiger partial charge in [0.1, 0.15) is 0 Å². The predicted octanol–water partition coefficient (Wildman–Crippen LogP) is 1.76. The molecule has 0 aromatic carbocycles. The first-order valence-corrected chi connectivity index (χ1v) is 8.98. The van der Waals surface area contributed by atoms with E-state index in [4.69, 9.17) is 24.4 Å². The Labute approximate surface area is 142 Å². The molecule has 6 atom stereocenters. The highest BCUT2D eigenvalue weighted by molar-refractivity contribution is 7.80. The molecule has 0 saturated heterocycles. The number of hydrogen-bond donors (Lipinski definition) is 4. The fourth-order valence-corrected chi connectivity index (χ4v) is 4.82. The molecule has 0 heterocycles. The van der Waals surface area contributed by atoms with Crippen molar-refractivity contribution in [2.45, 2.75) is 37.8 Å². The van der Waals surface area contributed by atoms with E-state index in [1.54, 1.807) is 0 Å². The normalized spacial score (nSPS) is 40.0. The molecule has 0 amide bonds. The first-order valence-electron chi connectivity index (χ1n) is 8.17. The zero-order chi connectivity index (χ0) is 15.1. The van der Waals surface area contributed by atoms with Crippen LogP contribution in [0.4, 0.5) is 0 Å². The van der Waals surface area contributed by atoms with Crippen molar-refractivity contribution in [2.75, 3.05) is 0 Å². The number of allylic oxidation sites excluding steroid dienone is 2. The Kier molecular flexibility index (Phi) is 3.82. The molecule has 4 aliphatic rings. The highest BCUT2D eigenvalue weighted by Crippen LogP contribution is 2.39. The second-order valence-electron chi connectivity index (χ2n) is 6.97. The number of rotatable bonds is 2. The Morgan fingerprint density at radius 3 is 1.45 bits per heavy atom. The molecule has 4 bridgehead atoms. The molecule has 4 N–H and O–H groups in total. The standard InChI is InChI=1S/C16H22N4S2/c21-15(17-13-7-9-1-3-11(13)5-9)19-20-16(22)18-14-8-10-2-4-12(14)6-10/h1-4,9-14H,5-8H2,(H2,17,19,21)(H2,18,20,22)/t9-,10-,11-,12-,13-,14+/m0/s1. The summed E-state index contributed by atoms with van der Waals surface area (Å²) in [6.45, 7) is 0. The van der Waals surface area contributed by atoms with Crippen LogP contribution < -0.4 is 21.5 Å². The van der Waals surface area contributed by atoms with E-state index in [0.29, 0.717) is 34.1 Å². The molecule has 0 spiro atoms. The minimum atomic E-state index is 0.467. The quantitative estimate of drug-likeness (QED) is 0.351. The van der Waals surface area contributed by atoms with Crippen LogP contribution in [0.3, 0.4) is 0 Å². The average Bonchev–Trinajstić information content (AvgIpc) is 3.25. The SMILES string of the molecule is S=C(NNC(=S)N[C@@H]1C[C@H]2C=C[C@H]1C2)N[C@H]1C[C@H]2C=C[C@H]1C2. The van der Waals surface area contributed by atoms with Crippen molar-refractivity contribution >= 4 is 34.7 Å².